The lowest BCUT2D eigenvalue weighted by molar-refractivity contribution is 0.396. The number of aromatic nitrogens is 1. The van der Waals surface area contributed by atoms with Gasteiger partial charge in [-0.2, -0.15) is 5.26 Å². The average Bonchev–Trinajstić information content (AvgIpc) is 2.04. The van der Waals surface area contributed by atoms with Crippen LogP contribution in [0, 0.1) is 11.3 Å². The molecule has 0 unspecified atom stereocenters. The molecule has 0 bridgehead atoms. The Hall–Kier alpha value is -1.27. The van der Waals surface area contributed by atoms with E-state index in [4.69, 9.17) is 21.6 Å². The molecule has 1 heterocycles. The second kappa shape index (κ2) is 3.22. The van der Waals surface area contributed by atoms with Crippen LogP contribution in [0.5, 0.6) is 5.88 Å². The molecule has 4 heteroatoms. The molecule has 3 nitrogen and oxygen atoms in total. The third-order valence-electron chi connectivity index (χ3n) is 1.14. The van der Waals surface area contributed by atoms with Crippen LogP contribution >= 0.6 is 11.6 Å². The maximum atomic E-state index is 8.53. The van der Waals surface area contributed by atoms with Gasteiger partial charge in [0, 0.05) is 0 Å². The van der Waals surface area contributed by atoms with E-state index in [0.717, 1.165) is 0 Å². The summed E-state index contributed by atoms with van der Waals surface area (Å²) in [4.78, 5) is 3.78. The van der Waals surface area contributed by atoms with Gasteiger partial charge in [0.1, 0.15) is 16.8 Å². The molecule has 0 aliphatic carbocycles. The largest absolute Gasteiger partial charge is 0.480 e. The monoisotopic (exact) mass is 168 g/mol. The predicted octanol–water partition coefficient (Wildman–Crippen LogP) is 1.62. The van der Waals surface area contributed by atoms with Crippen LogP contribution in [0.1, 0.15) is 5.56 Å². The lowest BCUT2D eigenvalue weighted by Crippen LogP contribution is -1.91. The molecule has 56 valence electrons. The summed E-state index contributed by atoms with van der Waals surface area (Å²) >= 11 is 5.55. The Balaban J connectivity index is 3.19. The van der Waals surface area contributed by atoms with E-state index in [1.807, 2.05) is 6.07 Å². The number of pyridine rings is 1. The van der Waals surface area contributed by atoms with Crippen LogP contribution in [-0.2, 0) is 0 Å². The first kappa shape index (κ1) is 7.83. The Morgan fingerprint density at radius 1 is 1.64 bits per heavy atom. The molecule has 0 amide bonds. The SMILES string of the molecule is COc1nc(Cl)ccc1C#N. The average molecular weight is 169 g/mol. The number of methoxy groups -OCH3 is 1. The summed E-state index contributed by atoms with van der Waals surface area (Å²) in [6.07, 6.45) is 0. The summed E-state index contributed by atoms with van der Waals surface area (Å²) < 4.78 is 4.80. The summed E-state index contributed by atoms with van der Waals surface area (Å²) in [6, 6.07) is 5.04. The molecule has 0 fully saturated rings. The lowest BCUT2D eigenvalue weighted by atomic mass is 10.3. The molecule has 0 spiro atoms. The number of nitriles is 1. The van der Waals surface area contributed by atoms with Crippen molar-refractivity contribution in [2.45, 2.75) is 0 Å². The Kier molecular flexibility index (Phi) is 2.29. The van der Waals surface area contributed by atoms with Crippen LogP contribution < -0.4 is 4.74 Å². The van der Waals surface area contributed by atoms with Crippen molar-refractivity contribution in [3.63, 3.8) is 0 Å². The van der Waals surface area contributed by atoms with E-state index >= 15 is 0 Å². The standard InChI is InChI=1S/C7H5ClN2O/c1-11-7-5(4-9)2-3-6(8)10-7/h2-3H,1H3. The van der Waals surface area contributed by atoms with Crippen LogP contribution in [0.3, 0.4) is 0 Å². The highest BCUT2D eigenvalue weighted by Gasteiger charge is 2.02. The molecular formula is C7H5ClN2O. The molecule has 0 atom stereocenters. The molecule has 0 aliphatic heterocycles. The first-order chi connectivity index (χ1) is 5.27. The molecule has 0 saturated carbocycles. The van der Waals surface area contributed by atoms with Crippen LogP contribution in [0.25, 0.3) is 0 Å². The van der Waals surface area contributed by atoms with Gasteiger partial charge in [0.25, 0.3) is 0 Å². The fourth-order valence-electron chi connectivity index (χ4n) is 0.659. The van der Waals surface area contributed by atoms with E-state index in [1.165, 1.54) is 7.11 Å². The zero-order valence-corrected chi connectivity index (χ0v) is 6.59. The summed E-state index contributed by atoms with van der Waals surface area (Å²) in [6.45, 7) is 0. The minimum absolute atomic E-state index is 0.264. The number of hydrogen-bond acceptors (Lipinski definition) is 3. The van der Waals surface area contributed by atoms with Crippen molar-refractivity contribution in [3.05, 3.63) is 22.8 Å². The van der Waals surface area contributed by atoms with E-state index in [-0.39, 0.29) is 5.88 Å². The van der Waals surface area contributed by atoms with Crippen LogP contribution in [-0.4, -0.2) is 12.1 Å². The Morgan fingerprint density at radius 2 is 2.36 bits per heavy atom. The lowest BCUT2D eigenvalue weighted by Gasteiger charge is -1.99. The fourth-order valence-corrected chi connectivity index (χ4v) is 0.798. The normalized spacial score (nSPS) is 8.82. The first-order valence-corrected chi connectivity index (χ1v) is 3.26. The van der Waals surface area contributed by atoms with E-state index in [2.05, 4.69) is 4.98 Å². The molecule has 1 aromatic heterocycles. The van der Waals surface area contributed by atoms with Gasteiger partial charge in [0.15, 0.2) is 0 Å². The zero-order chi connectivity index (χ0) is 8.27. The van der Waals surface area contributed by atoms with Crippen molar-refractivity contribution < 1.29 is 4.74 Å². The van der Waals surface area contributed by atoms with Gasteiger partial charge in [0.2, 0.25) is 5.88 Å². The van der Waals surface area contributed by atoms with Crippen molar-refractivity contribution in [1.82, 2.24) is 4.98 Å². The molecule has 1 aromatic rings. The summed E-state index contributed by atoms with van der Waals surface area (Å²) in [5, 5.41) is 8.85. The maximum Gasteiger partial charge on any atom is 0.232 e. The van der Waals surface area contributed by atoms with Crippen LogP contribution in [0.15, 0.2) is 12.1 Å². The topological polar surface area (TPSA) is 45.9 Å². The van der Waals surface area contributed by atoms with E-state index < -0.39 is 0 Å². The minimum atomic E-state index is 0.264. The molecule has 0 N–H and O–H groups in total. The highest BCUT2D eigenvalue weighted by molar-refractivity contribution is 6.29. The first-order valence-electron chi connectivity index (χ1n) is 2.88. The van der Waals surface area contributed by atoms with Crippen molar-refractivity contribution in [1.29, 1.82) is 5.26 Å². The quantitative estimate of drug-likeness (QED) is 0.599. The highest BCUT2D eigenvalue weighted by Crippen LogP contribution is 2.16. The van der Waals surface area contributed by atoms with Crippen molar-refractivity contribution in [3.8, 4) is 11.9 Å². The van der Waals surface area contributed by atoms with Crippen LogP contribution in [0.4, 0.5) is 0 Å². The second-order valence-electron chi connectivity index (χ2n) is 1.80. The smallest absolute Gasteiger partial charge is 0.232 e. The second-order valence-corrected chi connectivity index (χ2v) is 2.19. The molecule has 0 saturated heterocycles. The number of hydrogen-bond donors (Lipinski definition) is 0. The molecule has 0 radical (unpaired) electrons. The van der Waals surface area contributed by atoms with Crippen LogP contribution in [0.2, 0.25) is 5.15 Å². The van der Waals surface area contributed by atoms with Gasteiger partial charge in [0.05, 0.1) is 7.11 Å². The molecular weight excluding hydrogens is 164 g/mol. The van der Waals surface area contributed by atoms with Gasteiger partial charge < -0.3 is 4.74 Å². The molecule has 0 aliphatic rings. The fraction of sp³-hybridized carbons (Fsp3) is 0.143. The van der Waals surface area contributed by atoms with E-state index in [1.54, 1.807) is 12.1 Å². The third kappa shape index (κ3) is 1.60. The molecule has 0 aromatic carbocycles. The van der Waals surface area contributed by atoms with Gasteiger partial charge >= 0.3 is 0 Å². The Morgan fingerprint density at radius 3 is 2.91 bits per heavy atom. The Labute approximate surface area is 69.2 Å². The number of nitrogens with zero attached hydrogens (tertiary/aromatic N) is 2. The van der Waals surface area contributed by atoms with Crippen molar-refractivity contribution in [2.24, 2.45) is 0 Å². The minimum Gasteiger partial charge on any atom is -0.480 e. The van der Waals surface area contributed by atoms with Gasteiger partial charge in [-0.25, -0.2) is 4.98 Å². The maximum absolute atomic E-state index is 8.53. The van der Waals surface area contributed by atoms with Gasteiger partial charge in [-0.3, -0.25) is 0 Å². The predicted molar refractivity (Wildman–Crippen MR) is 40.5 cm³/mol. The van der Waals surface area contributed by atoms with Crippen molar-refractivity contribution >= 4 is 11.6 Å². The molecule has 1 rings (SSSR count). The Bertz CT molecular complexity index is 306. The highest BCUT2D eigenvalue weighted by atomic mass is 35.5. The van der Waals surface area contributed by atoms with Gasteiger partial charge in [-0.15, -0.1) is 0 Å². The number of rotatable bonds is 1. The third-order valence-corrected chi connectivity index (χ3v) is 1.35. The van der Waals surface area contributed by atoms with Gasteiger partial charge in [-0.1, -0.05) is 11.6 Å². The van der Waals surface area contributed by atoms with Crippen molar-refractivity contribution in [2.75, 3.05) is 7.11 Å². The van der Waals surface area contributed by atoms with Gasteiger partial charge in [-0.05, 0) is 12.1 Å². The summed E-state index contributed by atoms with van der Waals surface area (Å²) in [5.74, 6) is 0.264. The van der Waals surface area contributed by atoms with E-state index in [0.29, 0.717) is 10.7 Å². The number of halogens is 1. The number of ether oxygens (including phenoxy) is 1. The summed E-state index contributed by atoms with van der Waals surface area (Å²) in [7, 11) is 1.44. The zero-order valence-electron chi connectivity index (χ0n) is 5.84. The molecule has 11 heavy (non-hydrogen) atoms. The van der Waals surface area contributed by atoms with E-state index in [9.17, 15) is 0 Å². The summed E-state index contributed by atoms with van der Waals surface area (Å²) in [5.41, 5.74) is 0.386.